The van der Waals surface area contributed by atoms with Gasteiger partial charge in [0.15, 0.2) is 6.61 Å². The Kier molecular flexibility index (Phi) is 10.5. The Hall–Kier alpha value is -3.21. The number of carbonyl (C=O) groups excluding carboxylic acids is 2. The molecule has 1 fully saturated rings. The Bertz CT molecular complexity index is 1110. The van der Waals surface area contributed by atoms with Crippen LogP contribution in [0.2, 0.25) is 5.02 Å². The largest absolute Gasteiger partial charge is 0.484 e. The van der Waals surface area contributed by atoms with Crippen molar-refractivity contribution in [1.82, 2.24) is 15.2 Å². The van der Waals surface area contributed by atoms with Gasteiger partial charge in [0.05, 0.1) is 12.2 Å². The van der Waals surface area contributed by atoms with Gasteiger partial charge in [0.1, 0.15) is 16.5 Å². The van der Waals surface area contributed by atoms with Crippen LogP contribution in [0, 0.1) is 5.92 Å². The Morgan fingerprint density at radius 2 is 1.92 bits per heavy atom. The average molecular weight is 558 g/mol. The van der Waals surface area contributed by atoms with Gasteiger partial charge in [-0.2, -0.15) is 13.2 Å². The molecule has 2 aromatic rings. The van der Waals surface area contributed by atoms with E-state index in [0.717, 1.165) is 18.9 Å². The number of amides is 2. The van der Waals surface area contributed by atoms with Crippen LogP contribution < -0.4 is 14.8 Å². The van der Waals surface area contributed by atoms with E-state index < -0.39 is 17.8 Å². The first-order valence-electron chi connectivity index (χ1n) is 12.4. The lowest BCUT2D eigenvalue weighted by atomic mass is 10.1. The zero-order valence-corrected chi connectivity index (χ0v) is 22.0. The summed E-state index contributed by atoms with van der Waals surface area (Å²) in [4.78, 5) is 29.4. The Balaban J connectivity index is 1.69. The zero-order valence-electron chi connectivity index (χ0n) is 21.3. The summed E-state index contributed by atoms with van der Waals surface area (Å²) in [5.41, 5.74) is -0.341. The zero-order chi connectivity index (χ0) is 27.7. The Labute approximate surface area is 224 Å². The highest BCUT2D eigenvalue weighted by molar-refractivity contribution is 6.31. The van der Waals surface area contributed by atoms with Crippen molar-refractivity contribution in [3.05, 3.63) is 46.6 Å². The van der Waals surface area contributed by atoms with Crippen molar-refractivity contribution in [3.8, 4) is 17.4 Å². The fraction of sp³-hybridized carbons (Fsp3) is 0.500. The molecule has 0 aliphatic heterocycles. The number of nitrogens with one attached hydrogen (secondary N) is 1. The van der Waals surface area contributed by atoms with Crippen LogP contribution in [0.15, 0.2) is 30.5 Å². The number of aryl methyl sites for hydroxylation is 1. The fourth-order valence-corrected chi connectivity index (χ4v) is 3.73. The van der Waals surface area contributed by atoms with Crippen molar-refractivity contribution in [2.75, 3.05) is 32.8 Å². The van der Waals surface area contributed by atoms with Crippen LogP contribution in [0.4, 0.5) is 18.0 Å². The number of rotatable bonds is 13. The predicted molar refractivity (Wildman–Crippen MR) is 135 cm³/mol. The van der Waals surface area contributed by atoms with Crippen molar-refractivity contribution in [2.45, 2.75) is 45.7 Å². The Morgan fingerprint density at radius 3 is 2.55 bits per heavy atom. The van der Waals surface area contributed by atoms with Crippen LogP contribution in [-0.2, 0) is 22.1 Å². The number of benzene rings is 1. The summed E-state index contributed by atoms with van der Waals surface area (Å²) < 4.78 is 55.6. The first-order chi connectivity index (χ1) is 18.1. The number of pyridine rings is 1. The predicted octanol–water partition coefficient (Wildman–Crippen LogP) is 5.86. The maximum atomic E-state index is 13.0. The van der Waals surface area contributed by atoms with Crippen molar-refractivity contribution in [2.24, 2.45) is 5.92 Å². The molecule has 0 spiro atoms. The molecule has 1 aromatic carbocycles. The van der Waals surface area contributed by atoms with Crippen LogP contribution in [0.25, 0.3) is 0 Å². The third-order valence-electron chi connectivity index (χ3n) is 5.91. The molecule has 0 bridgehead atoms. The number of aromatic nitrogens is 1. The van der Waals surface area contributed by atoms with Gasteiger partial charge in [-0.15, -0.1) is 0 Å². The highest BCUT2D eigenvalue weighted by Crippen LogP contribution is 2.36. The smallest absolute Gasteiger partial charge is 0.417 e. The van der Waals surface area contributed by atoms with Crippen molar-refractivity contribution < 1.29 is 37.0 Å². The van der Waals surface area contributed by atoms with E-state index in [0.29, 0.717) is 55.9 Å². The summed E-state index contributed by atoms with van der Waals surface area (Å²) in [5, 5.41) is 2.40. The van der Waals surface area contributed by atoms with Gasteiger partial charge >= 0.3 is 12.3 Å². The molecule has 2 amide bonds. The van der Waals surface area contributed by atoms with E-state index in [-0.39, 0.29) is 35.8 Å². The highest BCUT2D eigenvalue weighted by atomic mass is 35.5. The van der Waals surface area contributed by atoms with Gasteiger partial charge in [-0.25, -0.2) is 9.78 Å². The van der Waals surface area contributed by atoms with Gasteiger partial charge in [-0.1, -0.05) is 17.7 Å². The molecule has 208 valence electrons. The molecule has 1 aliphatic rings. The molecular formula is C26H31ClF3N3O5. The van der Waals surface area contributed by atoms with E-state index in [1.54, 1.807) is 17.0 Å². The minimum atomic E-state index is -4.60. The molecule has 0 atom stereocenters. The number of halogens is 4. The van der Waals surface area contributed by atoms with Crippen molar-refractivity contribution >= 4 is 23.6 Å². The molecule has 1 aliphatic carbocycles. The lowest BCUT2D eigenvalue weighted by molar-refractivity contribution is -0.138. The molecule has 0 unspecified atom stereocenters. The van der Waals surface area contributed by atoms with Crippen molar-refractivity contribution in [1.29, 1.82) is 0 Å². The van der Waals surface area contributed by atoms with E-state index in [1.807, 2.05) is 13.8 Å². The normalized spacial score (nSPS) is 13.1. The molecule has 0 saturated heterocycles. The minimum absolute atomic E-state index is 0.159. The molecule has 1 N–H and O–H groups in total. The Morgan fingerprint density at radius 1 is 1.18 bits per heavy atom. The number of ether oxygens (including phenoxy) is 3. The molecule has 0 radical (unpaired) electrons. The second-order valence-corrected chi connectivity index (χ2v) is 9.21. The molecule has 1 aromatic heterocycles. The highest BCUT2D eigenvalue weighted by Gasteiger charge is 2.32. The number of alkyl carbamates (subject to hydrolysis) is 1. The van der Waals surface area contributed by atoms with Crippen LogP contribution in [0.1, 0.15) is 44.2 Å². The second kappa shape index (κ2) is 13.5. The van der Waals surface area contributed by atoms with E-state index in [1.165, 1.54) is 6.07 Å². The van der Waals surface area contributed by atoms with Crippen LogP contribution >= 0.6 is 11.6 Å². The van der Waals surface area contributed by atoms with E-state index in [9.17, 15) is 22.8 Å². The molecular weight excluding hydrogens is 527 g/mol. The first kappa shape index (κ1) is 29.3. The third-order valence-corrected chi connectivity index (χ3v) is 6.18. The fourth-order valence-electron chi connectivity index (χ4n) is 3.53. The molecule has 1 saturated carbocycles. The maximum Gasteiger partial charge on any atom is 0.417 e. The van der Waals surface area contributed by atoms with Gasteiger partial charge < -0.3 is 24.4 Å². The maximum absolute atomic E-state index is 13.0. The van der Waals surface area contributed by atoms with Crippen LogP contribution in [-0.4, -0.2) is 54.7 Å². The summed E-state index contributed by atoms with van der Waals surface area (Å²) in [6, 6.07) is 5.62. The summed E-state index contributed by atoms with van der Waals surface area (Å²) in [5.74, 6) is 0.697. The third kappa shape index (κ3) is 8.97. The monoisotopic (exact) mass is 557 g/mol. The number of hydrogen-bond donors (Lipinski definition) is 1. The summed E-state index contributed by atoms with van der Waals surface area (Å²) in [6.45, 7) is 5.40. The number of hydrogen-bond acceptors (Lipinski definition) is 6. The quantitative estimate of drug-likeness (QED) is 0.310. The lowest BCUT2D eigenvalue weighted by Gasteiger charge is -2.19. The molecule has 3 rings (SSSR count). The van der Waals surface area contributed by atoms with Crippen molar-refractivity contribution in [3.63, 3.8) is 0 Å². The number of carbonyl (C=O) groups is 2. The van der Waals surface area contributed by atoms with Gasteiger partial charge in [-0.05, 0) is 63.1 Å². The van der Waals surface area contributed by atoms with E-state index in [4.69, 9.17) is 25.8 Å². The minimum Gasteiger partial charge on any atom is -0.484 e. The summed E-state index contributed by atoms with van der Waals surface area (Å²) in [6.07, 6.45) is -1.33. The SMILES string of the molecule is CCN(CC)C(=O)COc1ccc(CCCOC(=O)NCC2CC2)c(Oc2ncc(C(F)(F)F)cc2Cl)c1. The van der Waals surface area contributed by atoms with Gasteiger partial charge in [0.25, 0.3) is 5.91 Å². The summed E-state index contributed by atoms with van der Waals surface area (Å²) >= 11 is 6.03. The topological polar surface area (TPSA) is 90.0 Å². The van der Waals surface area contributed by atoms with E-state index in [2.05, 4.69) is 10.3 Å². The second-order valence-electron chi connectivity index (χ2n) is 8.80. The van der Waals surface area contributed by atoms with Gasteiger partial charge in [0.2, 0.25) is 5.88 Å². The number of nitrogens with zero attached hydrogens (tertiary/aromatic N) is 2. The average Bonchev–Trinajstić information content (AvgIpc) is 3.71. The molecule has 8 nitrogen and oxygen atoms in total. The number of alkyl halides is 3. The standard InChI is InChI=1S/C26H31ClF3N3O5/c1-3-33(4-2)23(34)16-37-20-10-9-18(6-5-11-36-25(35)32-14-17-7-8-17)22(13-20)38-24-21(27)12-19(15-31-24)26(28,29)30/h9-10,12-13,15,17H,3-8,11,14,16H2,1-2H3,(H,32,35). The molecule has 1 heterocycles. The lowest BCUT2D eigenvalue weighted by Crippen LogP contribution is -2.34. The van der Waals surface area contributed by atoms with Gasteiger partial charge in [0, 0.05) is 31.9 Å². The van der Waals surface area contributed by atoms with E-state index >= 15 is 0 Å². The molecule has 12 heteroatoms. The van der Waals surface area contributed by atoms with Crippen LogP contribution in [0.3, 0.4) is 0 Å². The molecule has 38 heavy (non-hydrogen) atoms. The number of likely N-dealkylation sites (N-methyl/N-ethyl adjacent to an activating group) is 1. The first-order valence-corrected chi connectivity index (χ1v) is 12.8. The van der Waals surface area contributed by atoms with Gasteiger partial charge in [-0.3, -0.25) is 4.79 Å². The van der Waals surface area contributed by atoms with Crippen LogP contribution in [0.5, 0.6) is 17.4 Å². The summed E-state index contributed by atoms with van der Waals surface area (Å²) in [7, 11) is 0.